The lowest BCUT2D eigenvalue weighted by Crippen LogP contribution is -2.27. The van der Waals surface area contributed by atoms with Crippen molar-refractivity contribution in [1.29, 1.82) is 0 Å². The minimum Gasteiger partial charge on any atom is -0.341 e. The number of hydrogen-bond donors (Lipinski definition) is 2. The zero-order valence-corrected chi connectivity index (χ0v) is 10.3. The molecule has 16 heavy (non-hydrogen) atoms. The van der Waals surface area contributed by atoms with Crippen LogP contribution in [-0.4, -0.2) is 9.97 Å². The summed E-state index contributed by atoms with van der Waals surface area (Å²) < 4.78 is 0. The Bertz CT molecular complexity index is 505. The third-order valence-corrected chi connectivity index (χ3v) is 2.96. The number of aromatic amines is 1. The third-order valence-electron chi connectivity index (χ3n) is 2.96. The van der Waals surface area contributed by atoms with E-state index in [9.17, 15) is 0 Å². The van der Waals surface area contributed by atoms with Crippen LogP contribution in [0.25, 0.3) is 11.0 Å². The summed E-state index contributed by atoms with van der Waals surface area (Å²) >= 11 is 0. The van der Waals surface area contributed by atoms with Gasteiger partial charge in [0.1, 0.15) is 5.82 Å². The maximum Gasteiger partial charge on any atom is 0.124 e. The van der Waals surface area contributed by atoms with E-state index in [2.05, 4.69) is 43.7 Å². The van der Waals surface area contributed by atoms with E-state index in [-0.39, 0.29) is 11.5 Å². The van der Waals surface area contributed by atoms with E-state index in [1.54, 1.807) is 0 Å². The van der Waals surface area contributed by atoms with E-state index < -0.39 is 0 Å². The Labute approximate surface area is 96.1 Å². The minimum absolute atomic E-state index is 0.0157. The minimum atomic E-state index is -0.0701. The largest absolute Gasteiger partial charge is 0.341 e. The van der Waals surface area contributed by atoms with E-state index in [0.717, 1.165) is 16.9 Å². The molecule has 86 valence electrons. The molecule has 3 heteroatoms. The van der Waals surface area contributed by atoms with Crippen LogP contribution in [0.2, 0.25) is 0 Å². The predicted molar refractivity (Wildman–Crippen MR) is 67.2 cm³/mol. The first-order chi connectivity index (χ1) is 7.39. The first-order valence-corrected chi connectivity index (χ1v) is 5.60. The molecule has 0 unspecified atom stereocenters. The van der Waals surface area contributed by atoms with Crippen molar-refractivity contribution in [2.75, 3.05) is 0 Å². The summed E-state index contributed by atoms with van der Waals surface area (Å²) in [7, 11) is 0. The number of nitrogens with two attached hydrogens (primary N) is 1. The van der Waals surface area contributed by atoms with Crippen LogP contribution in [0.15, 0.2) is 18.2 Å². The fraction of sp³-hybridized carbons (Fsp3) is 0.462. The molecule has 1 atom stereocenters. The number of aryl methyl sites for hydroxylation is 1. The van der Waals surface area contributed by atoms with E-state index in [1.807, 2.05) is 12.1 Å². The van der Waals surface area contributed by atoms with Gasteiger partial charge in [-0.2, -0.15) is 0 Å². The zero-order valence-electron chi connectivity index (χ0n) is 10.3. The van der Waals surface area contributed by atoms with E-state index >= 15 is 0 Å². The van der Waals surface area contributed by atoms with E-state index in [0.29, 0.717) is 0 Å². The molecular weight excluding hydrogens is 198 g/mol. The highest BCUT2D eigenvalue weighted by molar-refractivity contribution is 5.78. The van der Waals surface area contributed by atoms with Crippen molar-refractivity contribution in [2.24, 2.45) is 11.1 Å². The van der Waals surface area contributed by atoms with Crippen molar-refractivity contribution in [1.82, 2.24) is 9.97 Å². The average Bonchev–Trinajstić information content (AvgIpc) is 2.60. The molecule has 1 heterocycles. The molecule has 0 amide bonds. The number of fused-ring (bicyclic) bond motifs is 1. The number of para-hydroxylation sites is 1. The maximum atomic E-state index is 6.19. The highest BCUT2D eigenvalue weighted by Gasteiger charge is 2.25. The van der Waals surface area contributed by atoms with Crippen LogP contribution in [0, 0.1) is 12.3 Å². The summed E-state index contributed by atoms with van der Waals surface area (Å²) in [4.78, 5) is 7.90. The third kappa shape index (κ3) is 1.83. The molecule has 3 nitrogen and oxygen atoms in total. The van der Waals surface area contributed by atoms with Crippen LogP contribution in [0.1, 0.15) is 38.2 Å². The van der Waals surface area contributed by atoms with Gasteiger partial charge in [0, 0.05) is 0 Å². The lowest BCUT2D eigenvalue weighted by Gasteiger charge is -2.24. The summed E-state index contributed by atoms with van der Waals surface area (Å²) in [5.41, 5.74) is 9.48. The number of nitrogens with zero attached hydrogens (tertiary/aromatic N) is 1. The topological polar surface area (TPSA) is 54.7 Å². The van der Waals surface area contributed by atoms with Crippen molar-refractivity contribution in [3.05, 3.63) is 29.6 Å². The van der Waals surface area contributed by atoms with Crippen LogP contribution in [0.3, 0.4) is 0 Å². The Balaban J connectivity index is 2.52. The van der Waals surface area contributed by atoms with Gasteiger partial charge in [-0.05, 0) is 24.0 Å². The lowest BCUT2D eigenvalue weighted by molar-refractivity contribution is 0.317. The molecule has 0 aliphatic rings. The number of H-pyrrole nitrogens is 1. The normalized spacial score (nSPS) is 14.3. The van der Waals surface area contributed by atoms with Gasteiger partial charge in [0.15, 0.2) is 0 Å². The van der Waals surface area contributed by atoms with Crippen LogP contribution < -0.4 is 5.73 Å². The number of imidazole rings is 1. The van der Waals surface area contributed by atoms with Gasteiger partial charge in [-0.15, -0.1) is 0 Å². The van der Waals surface area contributed by atoms with Crippen molar-refractivity contribution in [2.45, 2.75) is 33.7 Å². The Morgan fingerprint density at radius 1 is 1.31 bits per heavy atom. The Hall–Kier alpha value is -1.35. The highest BCUT2D eigenvalue weighted by Crippen LogP contribution is 2.30. The van der Waals surface area contributed by atoms with Gasteiger partial charge < -0.3 is 10.7 Å². The summed E-state index contributed by atoms with van der Waals surface area (Å²) in [6.45, 7) is 8.43. The smallest absolute Gasteiger partial charge is 0.124 e. The van der Waals surface area contributed by atoms with Crippen molar-refractivity contribution in [3.63, 3.8) is 0 Å². The summed E-state index contributed by atoms with van der Waals surface area (Å²) in [5, 5.41) is 0. The van der Waals surface area contributed by atoms with Gasteiger partial charge in [0.25, 0.3) is 0 Å². The van der Waals surface area contributed by atoms with Gasteiger partial charge in [-0.1, -0.05) is 32.9 Å². The monoisotopic (exact) mass is 217 g/mol. The quantitative estimate of drug-likeness (QED) is 0.771. The molecule has 2 rings (SSSR count). The molecule has 0 saturated carbocycles. The van der Waals surface area contributed by atoms with Crippen LogP contribution in [0.5, 0.6) is 0 Å². The molecule has 1 aromatic heterocycles. The molecule has 1 aromatic carbocycles. The van der Waals surface area contributed by atoms with Gasteiger partial charge in [0.05, 0.1) is 17.1 Å². The second kappa shape index (κ2) is 3.59. The molecule has 0 saturated heterocycles. The highest BCUT2D eigenvalue weighted by atomic mass is 15.0. The first-order valence-electron chi connectivity index (χ1n) is 5.60. The molecule has 0 aliphatic heterocycles. The molecule has 3 N–H and O–H groups in total. The second-order valence-electron chi connectivity index (χ2n) is 5.44. The maximum absolute atomic E-state index is 6.19. The summed E-state index contributed by atoms with van der Waals surface area (Å²) in [6.07, 6.45) is 0. The summed E-state index contributed by atoms with van der Waals surface area (Å²) in [6, 6.07) is 6.06. The molecule has 0 aliphatic carbocycles. The SMILES string of the molecule is Cc1cccc2[nH]c([C@@H](N)C(C)(C)C)nc12. The Morgan fingerprint density at radius 3 is 2.56 bits per heavy atom. The number of nitrogens with one attached hydrogen (secondary N) is 1. The number of aromatic nitrogens is 2. The molecule has 0 spiro atoms. The number of benzene rings is 1. The fourth-order valence-corrected chi connectivity index (χ4v) is 1.75. The summed E-state index contributed by atoms with van der Waals surface area (Å²) in [5.74, 6) is 0.872. The van der Waals surface area contributed by atoms with E-state index in [1.165, 1.54) is 5.56 Å². The predicted octanol–water partition coefficient (Wildman–Crippen LogP) is 2.92. The van der Waals surface area contributed by atoms with Gasteiger partial charge in [-0.25, -0.2) is 4.98 Å². The van der Waals surface area contributed by atoms with Crippen molar-refractivity contribution in [3.8, 4) is 0 Å². The molecule has 0 bridgehead atoms. The number of rotatable bonds is 1. The molecule has 0 fully saturated rings. The van der Waals surface area contributed by atoms with Crippen LogP contribution in [-0.2, 0) is 0 Å². The first kappa shape index (κ1) is 11.1. The van der Waals surface area contributed by atoms with Crippen LogP contribution >= 0.6 is 0 Å². The fourth-order valence-electron chi connectivity index (χ4n) is 1.75. The zero-order chi connectivity index (χ0) is 11.9. The van der Waals surface area contributed by atoms with E-state index in [4.69, 9.17) is 5.73 Å². The van der Waals surface area contributed by atoms with Gasteiger partial charge in [-0.3, -0.25) is 0 Å². The van der Waals surface area contributed by atoms with Crippen molar-refractivity contribution >= 4 is 11.0 Å². The lowest BCUT2D eigenvalue weighted by atomic mass is 9.87. The van der Waals surface area contributed by atoms with Gasteiger partial charge in [0.2, 0.25) is 0 Å². The molecule has 0 radical (unpaired) electrons. The number of hydrogen-bond acceptors (Lipinski definition) is 2. The Kier molecular flexibility index (Phi) is 2.50. The average molecular weight is 217 g/mol. The second-order valence-corrected chi connectivity index (χ2v) is 5.44. The van der Waals surface area contributed by atoms with Crippen LogP contribution in [0.4, 0.5) is 0 Å². The Morgan fingerprint density at radius 2 is 2.00 bits per heavy atom. The van der Waals surface area contributed by atoms with Crippen molar-refractivity contribution < 1.29 is 0 Å². The van der Waals surface area contributed by atoms with Gasteiger partial charge >= 0.3 is 0 Å². The molecule has 2 aromatic rings. The standard InChI is InChI=1S/C13H19N3/c1-8-6-5-7-9-10(8)16-12(15-9)11(14)13(2,3)4/h5-7,11H,14H2,1-4H3,(H,15,16)/t11-/m1/s1. The molecular formula is C13H19N3.